The number of Topliss-reactive ketones (excluding diaryl/α,β-unsaturated/α-hetero) is 1. The van der Waals surface area contributed by atoms with Crippen molar-refractivity contribution in [3.63, 3.8) is 0 Å². The molecule has 1 aliphatic heterocycles. The van der Waals surface area contributed by atoms with Crippen LogP contribution in [-0.4, -0.2) is 23.5 Å². The van der Waals surface area contributed by atoms with E-state index in [-0.39, 0.29) is 11.9 Å². The number of aromatic amines is 1. The summed E-state index contributed by atoms with van der Waals surface area (Å²) >= 11 is 0. The Kier molecular flexibility index (Phi) is 2.65. The second-order valence-electron chi connectivity index (χ2n) is 4.24. The number of carbonyl (C=O) groups is 1. The van der Waals surface area contributed by atoms with Crippen molar-refractivity contribution in [2.24, 2.45) is 0 Å². The standard InChI is InChI=1S/C12H17NO2/c1-7-8(2)11(13-9(7)3)12(14)10-5-4-6-15-10/h10,13H,4-6H2,1-3H3. The van der Waals surface area contributed by atoms with E-state index < -0.39 is 0 Å². The molecule has 3 nitrogen and oxygen atoms in total. The Labute approximate surface area is 89.8 Å². The van der Waals surface area contributed by atoms with Crippen LogP contribution < -0.4 is 0 Å². The highest BCUT2D eigenvalue weighted by Crippen LogP contribution is 2.22. The smallest absolute Gasteiger partial charge is 0.207 e. The first-order chi connectivity index (χ1) is 7.11. The van der Waals surface area contributed by atoms with Gasteiger partial charge in [0.15, 0.2) is 0 Å². The monoisotopic (exact) mass is 207 g/mol. The molecule has 1 aromatic heterocycles. The predicted octanol–water partition coefficient (Wildman–Crippen LogP) is 2.30. The Balaban J connectivity index is 2.28. The van der Waals surface area contributed by atoms with Gasteiger partial charge in [0.1, 0.15) is 6.10 Å². The summed E-state index contributed by atoms with van der Waals surface area (Å²) in [6, 6.07) is 0. The lowest BCUT2D eigenvalue weighted by Gasteiger charge is -2.07. The zero-order valence-electron chi connectivity index (χ0n) is 9.52. The van der Waals surface area contributed by atoms with Crippen LogP contribution in [0, 0.1) is 20.8 Å². The van der Waals surface area contributed by atoms with Gasteiger partial charge in [0, 0.05) is 12.3 Å². The topological polar surface area (TPSA) is 42.1 Å². The van der Waals surface area contributed by atoms with Crippen LogP contribution in [0.5, 0.6) is 0 Å². The summed E-state index contributed by atoms with van der Waals surface area (Å²) in [5.74, 6) is 0.112. The average molecular weight is 207 g/mol. The summed E-state index contributed by atoms with van der Waals surface area (Å²) in [4.78, 5) is 15.2. The molecule has 1 saturated heterocycles. The minimum Gasteiger partial charge on any atom is -0.370 e. The molecule has 3 heteroatoms. The van der Waals surface area contributed by atoms with Gasteiger partial charge in [-0.2, -0.15) is 0 Å². The summed E-state index contributed by atoms with van der Waals surface area (Å²) in [6.45, 7) is 6.73. The van der Waals surface area contributed by atoms with E-state index in [1.54, 1.807) is 0 Å². The maximum atomic E-state index is 12.1. The first-order valence-corrected chi connectivity index (χ1v) is 5.43. The van der Waals surface area contributed by atoms with Gasteiger partial charge >= 0.3 is 0 Å². The van der Waals surface area contributed by atoms with E-state index in [2.05, 4.69) is 4.98 Å². The number of carbonyl (C=O) groups excluding carboxylic acids is 1. The number of aromatic nitrogens is 1. The first-order valence-electron chi connectivity index (χ1n) is 5.43. The predicted molar refractivity (Wildman–Crippen MR) is 58.3 cm³/mol. The minimum atomic E-state index is -0.221. The third-order valence-electron chi connectivity index (χ3n) is 3.28. The molecule has 15 heavy (non-hydrogen) atoms. The van der Waals surface area contributed by atoms with Gasteiger partial charge in [-0.1, -0.05) is 0 Å². The molecule has 0 aliphatic carbocycles. The molecule has 0 spiro atoms. The van der Waals surface area contributed by atoms with E-state index in [0.717, 1.165) is 29.8 Å². The van der Waals surface area contributed by atoms with Crippen molar-refractivity contribution in [3.05, 3.63) is 22.5 Å². The number of ether oxygens (including phenoxy) is 1. The molecule has 2 heterocycles. The molecule has 0 amide bonds. The van der Waals surface area contributed by atoms with Gasteiger partial charge in [-0.05, 0) is 44.7 Å². The molecule has 1 fully saturated rings. The average Bonchev–Trinajstić information content (AvgIpc) is 2.82. The Morgan fingerprint density at radius 1 is 1.33 bits per heavy atom. The van der Waals surface area contributed by atoms with E-state index in [4.69, 9.17) is 4.74 Å². The maximum Gasteiger partial charge on any atom is 0.207 e. The molecule has 1 N–H and O–H groups in total. The van der Waals surface area contributed by atoms with E-state index in [9.17, 15) is 4.79 Å². The van der Waals surface area contributed by atoms with Gasteiger partial charge in [0.2, 0.25) is 5.78 Å². The second-order valence-corrected chi connectivity index (χ2v) is 4.24. The molecule has 0 aromatic carbocycles. The van der Waals surface area contributed by atoms with Crippen LogP contribution in [0.1, 0.15) is 40.2 Å². The van der Waals surface area contributed by atoms with Gasteiger partial charge in [0.25, 0.3) is 0 Å². The molecule has 0 saturated carbocycles. The highest BCUT2D eigenvalue weighted by Gasteiger charge is 2.27. The quantitative estimate of drug-likeness (QED) is 0.756. The maximum absolute atomic E-state index is 12.1. The van der Waals surface area contributed by atoms with E-state index >= 15 is 0 Å². The number of hydrogen-bond acceptors (Lipinski definition) is 2. The van der Waals surface area contributed by atoms with E-state index in [0.29, 0.717) is 6.61 Å². The molecule has 0 bridgehead atoms. The SMILES string of the molecule is Cc1[nH]c(C(=O)C2CCCO2)c(C)c1C. The van der Waals surface area contributed by atoms with Crippen LogP contribution in [0.3, 0.4) is 0 Å². The summed E-state index contributed by atoms with van der Waals surface area (Å²) in [7, 11) is 0. The van der Waals surface area contributed by atoms with E-state index in [1.165, 1.54) is 5.56 Å². The summed E-state index contributed by atoms with van der Waals surface area (Å²) in [5, 5.41) is 0. The third kappa shape index (κ3) is 1.72. The van der Waals surface area contributed by atoms with Crippen LogP contribution >= 0.6 is 0 Å². The van der Waals surface area contributed by atoms with Crippen molar-refractivity contribution in [1.82, 2.24) is 4.98 Å². The zero-order chi connectivity index (χ0) is 11.0. The lowest BCUT2D eigenvalue weighted by atomic mass is 10.0. The summed E-state index contributed by atoms with van der Waals surface area (Å²) in [5.41, 5.74) is 4.05. The van der Waals surface area contributed by atoms with Crippen LogP contribution in [0.4, 0.5) is 0 Å². The molecule has 1 atom stereocenters. The Morgan fingerprint density at radius 2 is 2.07 bits per heavy atom. The zero-order valence-corrected chi connectivity index (χ0v) is 9.52. The van der Waals surface area contributed by atoms with Gasteiger partial charge in [-0.15, -0.1) is 0 Å². The van der Waals surface area contributed by atoms with Crippen molar-refractivity contribution in [2.45, 2.75) is 39.7 Å². The minimum absolute atomic E-state index is 0.112. The lowest BCUT2D eigenvalue weighted by Crippen LogP contribution is -2.20. The van der Waals surface area contributed by atoms with Gasteiger partial charge in [-0.25, -0.2) is 0 Å². The fraction of sp³-hybridized carbons (Fsp3) is 0.583. The van der Waals surface area contributed by atoms with Crippen LogP contribution in [0.2, 0.25) is 0 Å². The summed E-state index contributed by atoms with van der Waals surface area (Å²) in [6.07, 6.45) is 1.63. The van der Waals surface area contributed by atoms with Crippen LogP contribution in [0.15, 0.2) is 0 Å². The van der Waals surface area contributed by atoms with Crippen molar-refractivity contribution in [1.29, 1.82) is 0 Å². The van der Waals surface area contributed by atoms with Crippen molar-refractivity contribution in [2.75, 3.05) is 6.61 Å². The molecule has 82 valence electrons. The molecule has 1 aliphatic rings. The second kappa shape index (κ2) is 3.81. The normalized spacial score (nSPS) is 20.9. The number of ketones is 1. The molecule has 0 radical (unpaired) electrons. The third-order valence-corrected chi connectivity index (χ3v) is 3.28. The molecular weight excluding hydrogens is 190 g/mol. The number of hydrogen-bond donors (Lipinski definition) is 1. The Bertz CT molecular complexity index is 387. The van der Waals surface area contributed by atoms with Crippen LogP contribution in [0.25, 0.3) is 0 Å². The molecule has 1 aromatic rings. The Morgan fingerprint density at radius 3 is 2.53 bits per heavy atom. The highest BCUT2D eigenvalue weighted by molar-refractivity contribution is 5.99. The number of H-pyrrole nitrogens is 1. The number of nitrogens with one attached hydrogen (secondary N) is 1. The fourth-order valence-corrected chi connectivity index (χ4v) is 2.04. The number of aryl methyl sites for hydroxylation is 1. The van der Waals surface area contributed by atoms with Gasteiger partial charge in [0.05, 0.1) is 5.69 Å². The van der Waals surface area contributed by atoms with Crippen molar-refractivity contribution < 1.29 is 9.53 Å². The molecule has 1 unspecified atom stereocenters. The van der Waals surface area contributed by atoms with Gasteiger partial charge in [-0.3, -0.25) is 4.79 Å². The number of rotatable bonds is 2. The largest absolute Gasteiger partial charge is 0.370 e. The fourth-order valence-electron chi connectivity index (χ4n) is 2.04. The Hall–Kier alpha value is -1.09. The van der Waals surface area contributed by atoms with Gasteiger partial charge < -0.3 is 9.72 Å². The highest BCUT2D eigenvalue weighted by atomic mass is 16.5. The van der Waals surface area contributed by atoms with E-state index in [1.807, 2.05) is 20.8 Å². The molecule has 2 rings (SSSR count). The van der Waals surface area contributed by atoms with Crippen molar-refractivity contribution in [3.8, 4) is 0 Å². The lowest BCUT2D eigenvalue weighted by molar-refractivity contribution is 0.0637. The summed E-state index contributed by atoms with van der Waals surface area (Å²) < 4.78 is 5.40. The van der Waals surface area contributed by atoms with Crippen LogP contribution in [-0.2, 0) is 4.74 Å². The molecular formula is C12H17NO2. The van der Waals surface area contributed by atoms with Crippen molar-refractivity contribution >= 4 is 5.78 Å². The first kappa shape index (κ1) is 10.4.